The predicted octanol–water partition coefficient (Wildman–Crippen LogP) is 7.99. The Labute approximate surface area is 203 Å². The fraction of sp³-hybridized carbons (Fsp3) is 0.208. The van der Waals surface area contributed by atoms with Gasteiger partial charge >= 0.3 is 0 Å². The summed E-state index contributed by atoms with van der Waals surface area (Å²) in [6, 6.07) is 16.4. The van der Waals surface area contributed by atoms with E-state index < -0.39 is 0 Å². The Morgan fingerprint density at radius 2 is 1.47 bits per heavy atom. The summed E-state index contributed by atoms with van der Waals surface area (Å²) < 4.78 is 0.988. The van der Waals surface area contributed by atoms with Crippen LogP contribution in [0.5, 0.6) is 0 Å². The van der Waals surface area contributed by atoms with E-state index in [1.54, 1.807) is 30.5 Å². The smallest absolute Gasteiger partial charge is 0.187 e. The van der Waals surface area contributed by atoms with E-state index in [2.05, 4.69) is 15.0 Å². The van der Waals surface area contributed by atoms with Gasteiger partial charge in [0, 0.05) is 11.8 Å². The number of thioether (sulfide) groups is 1. The molecule has 0 atom stereocenters. The molecule has 4 aromatic rings. The molecular weight excluding hydrogens is 463 g/mol. The molecule has 2 aromatic carbocycles. The van der Waals surface area contributed by atoms with Gasteiger partial charge in [0.1, 0.15) is 11.4 Å². The molecule has 0 unspecified atom stereocenters. The average molecular weight is 489 g/mol. The van der Waals surface area contributed by atoms with E-state index in [0.717, 1.165) is 10.3 Å². The van der Waals surface area contributed by atoms with Crippen LogP contribution in [-0.2, 0) is 0 Å². The fourth-order valence-electron chi connectivity index (χ4n) is 2.88. The molecular formula is C24H26Cl2N4OS. The number of hydrogen-bond donors (Lipinski definition) is 1. The third-order valence-corrected chi connectivity index (χ3v) is 5.34. The van der Waals surface area contributed by atoms with Crippen LogP contribution in [-0.4, -0.2) is 31.1 Å². The summed E-state index contributed by atoms with van der Waals surface area (Å²) in [5.41, 5.74) is 2.84. The second-order valence-electron chi connectivity index (χ2n) is 5.84. The Hall–Kier alpha value is -2.54. The van der Waals surface area contributed by atoms with Gasteiger partial charge < -0.3 is 5.21 Å². The standard InChI is InChI=1S/C20H14Cl2N4OS.2C2H6/c1-28-20-23-11-10-15(24-20)18-17(12-6-3-2-4-7-12)25-19(26(18)27)16-13(21)8-5-9-14(16)22;2*1-2/h2-11,27H,1H3;2*1-2H3. The maximum atomic E-state index is 11.1. The van der Waals surface area contributed by atoms with Crippen LogP contribution in [0.3, 0.4) is 0 Å². The molecule has 1 N–H and O–H groups in total. The van der Waals surface area contributed by atoms with Gasteiger partial charge in [-0.1, -0.05) is 99.1 Å². The normalized spacial score (nSPS) is 9.97. The molecule has 0 radical (unpaired) electrons. The van der Waals surface area contributed by atoms with Gasteiger partial charge in [-0.05, 0) is 24.5 Å². The lowest BCUT2D eigenvalue weighted by Gasteiger charge is -2.08. The van der Waals surface area contributed by atoms with Crippen LogP contribution in [0, 0.1) is 0 Å². The summed E-state index contributed by atoms with van der Waals surface area (Å²) in [7, 11) is 0. The van der Waals surface area contributed by atoms with Crippen molar-refractivity contribution in [3.8, 4) is 34.0 Å². The lowest BCUT2D eigenvalue weighted by atomic mass is 10.1. The molecule has 0 aliphatic carbocycles. The van der Waals surface area contributed by atoms with E-state index >= 15 is 0 Å². The van der Waals surface area contributed by atoms with Crippen molar-refractivity contribution in [2.75, 3.05) is 6.26 Å². The Kier molecular flexibility index (Phi) is 10.0. The molecule has 0 spiro atoms. The molecule has 168 valence electrons. The van der Waals surface area contributed by atoms with E-state index in [9.17, 15) is 5.21 Å². The van der Waals surface area contributed by atoms with Crippen LogP contribution in [0.2, 0.25) is 10.0 Å². The lowest BCUT2D eigenvalue weighted by Crippen LogP contribution is -2.00. The highest BCUT2D eigenvalue weighted by Crippen LogP contribution is 2.39. The Bertz CT molecular complexity index is 1130. The quantitative estimate of drug-likeness (QED) is 0.179. The number of benzene rings is 2. The number of rotatable bonds is 4. The third kappa shape index (κ3) is 5.44. The second kappa shape index (κ2) is 12.5. The highest BCUT2D eigenvalue weighted by Gasteiger charge is 2.24. The van der Waals surface area contributed by atoms with Gasteiger partial charge in [0.25, 0.3) is 0 Å². The van der Waals surface area contributed by atoms with E-state index in [0.29, 0.717) is 37.8 Å². The molecule has 0 saturated heterocycles. The van der Waals surface area contributed by atoms with Gasteiger partial charge in [-0.3, -0.25) is 0 Å². The van der Waals surface area contributed by atoms with Gasteiger partial charge in [-0.15, -0.1) is 0 Å². The van der Waals surface area contributed by atoms with Crippen molar-refractivity contribution in [1.29, 1.82) is 0 Å². The molecule has 5 nitrogen and oxygen atoms in total. The minimum Gasteiger partial charge on any atom is -0.426 e. The molecule has 4 rings (SSSR count). The van der Waals surface area contributed by atoms with Gasteiger partial charge in [0.05, 0.1) is 21.3 Å². The number of hydrogen-bond acceptors (Lipinski definition) is 5. The van der Waals surface area contributed by atoms with Crippen molar-refractivity contribution in [1.82, 2.24) is 19.7 Å². The molecule has 8 heteroatoms. The van der Waals surface area contributed by atoms with E-state index in [1.165, 1.54) is 11.8 Å². The molecule has 0 aliphatic rings. The van der Waals surface area contributed by atoms with E-state index in [4.69, 9.17) is 23.2 Å². The number of nitrogens with zero attached hydrogens (tertiary/aromatic N) is 4. The molecule has 0 bridgehead atoms. The first-order valence-electron chi connectivity index (χ1n) is 10.3. The summed E-state index contributed by atoms with van der Waals surface area (Å²) in [5, 5.41) is 12.4. The van der Waals surface area contributed by atoms with Crippen LogP contribution < -0.4 is 0 Å². The lowest BCUT2D eigenvalue weighted by molar-refractivity contribution is 0.195. The number of imidazole rings is 1. The summed E-state index contributed by atoms with van der Waals surface area (Å²) in [6.07, 6.45) is 3.54. The second-order valence-corrected chi connectivity index (χ2v) is 7.42. The van der Waals surface area contributed by atoms with Crippen molar-refractivity contribution in [2.24, 2.45) is 0 Å². The number of halogens is 2. The first-order chi connectivity index (χ1) is 15.6. The van der Waals surface area contributed by atoms with Crippen molar-refractivity contribution < 1.29 is 5.21 Å². The summed E-state index contributed by atoms with van der Waals surface area (Å²) in [4.78, 5) is 13.4. The minimum atomic E-state index is 0.244. The van der Waals surface area contributed by atoms with Gasteiger partial charge in [-0.2, -0.15) is 4.73 Å². The van der Waals surface area contributed by atoms with Crippen molar-refractivity contribution in [3.63, 3.8) is 0 Å². The molecule has 0 fully saturated rings. The predicted molar refractivity (Wildman–Crippen MR) is 136 cm³/mol. The summed E-state index contributed by atoms with van der Waals surface area (Å²) >= 11 is 14.1. The highest BCUT2D eigenvalue weighted by molar-refractivity contribution is 7.98. The first-order valence-corrected chi connectivity index (χ1v) is 12.3. The van der Waals surface area contributed by atoms with Crippen LogP contribution in [0.1, 0.15) is 27.7 Å². The molecule has 2 heterocycles. The molecule has 0 saturated carbocycles. The summed E-state index contributed by atoms with van der Waals surface area (Å²) in [5.74, 6) is 0.244. The van der Waals surface area contributed by atoms with Crippen molar-refractivity contribution >= 4 is 35.0 Å². The van der Waals surface area contributed by atoms with Crippen molar-refractivity contribution in [2.45, 2.75) is 32.9 Å². The maximum Gasteiger partial charge on any atom is 0.187 e. The van der Waals surface area contributed by atoms with E-state index in [-0.39, 0.29) is 5.82 Å². The van der Waals surface area contributed by atoms with Crippen LogP contribution >= 0.6 is 35.0 Å². The molecule has 2 aromatic heterocycles. The van der Waals surface area contributed by atoms with Crippen LogP contribution in [0.15, 0.2) is 66.0 Å². The molecule has 0 amide bonds. The Balaban J connectivity index is 0.000000860. The van der Waals surface area contributed by atoms with Gasteiger partial charge in [0.15, 0.2) is 11.0 Å². The Morgan fingerprint density at radius 3 is 2.06 bits per heavy atom. The third-order valence-electron chi connectivity index (χ3n) is 4.15. The Morgan fingerprint density at radius 1 is 0.844 bits per heavy atom. The largest absolute Gasteiger partial charge is 0.426 e. The van der Waals surface area contributed by atoms with Crippen molar-refractivity contribution in [3.05, 3.63) is 70.8 Å². The highest BCUT2D eigenvalue weighted by atomic mass is 35.5. The zero-order chi connectivity index (χ0) is 23.7. The van der Waals surface area contributed by atoms with Crippen LogP contribution in [0.4, 0.5) is 0 Å². The van der Waals surface area contributed by atoms with E-state index in [1.807, 2.05) is 64.3 Å². The first kappa shape index (κ1) is 25.7. The van der Waals surface area contributed by atoms with Gasteiger partial charge in [0.2, 0.25) is 0 Å². The minimum absolute atomic E-state index is 0.244. The number of aromatic nitrogens is 4. The van der Waals surface area contributed by atoms with Crippen LogP contribution in [0.25, 0.3) is 34.0 Å². The zero-order valence-corrected chi connectivity index (χ0v) is 21.0. The fourth-order valence-corrected chi connectivity index (χ4v) is 3.81. The molecule has 32 heavy (non-hydrogen) atoms. The monoisotopic (exact) mass is 488 g/mol. The topological polar surface area (TPSA) is 63.8 Å². The summed E-state index contributed by atoms with van der Waals surface area (Å²) in [6.45, 7) is 8.00. The molecule has 0 aliphatic heterocycles. The zero-order valence-electron chi connectivity index (χ0n) is 18.7. The SMILES string of the molecule is CC.CC.CSc1nccc(-c2c(-c3ccccc3)nc(-c3c(Cl)cccc3Cl)n2O)n1. The average Bonchev–Trinajstić information content (AvgIpc) is 3.19. The maximum absolute atomic E-state index is 11.1. The van der Waals surface area contributed by atoms with Gasteiger partial charge in [-0.25, -0.2) is 15.0 Å².